The molecule has 0 saturated carbocycles. The normalized spacial score (nSPS) is 17.0. The topological polar surface area (TPSA) is 108 Å². The molecule has 0 amide bonds. The maximum atomic E-state index is 12.3. The number of ether oxygens (including phenoxy) is 3. The molecule has 3 rings (SSSR count). The number of benzene rings is 2. The van der Waals surface area contributed by atoms with Crippen LogP contribution in [0.4, 0.5) is 18.9 Å². The van der Waals surface area contributed by atoms with E-state index in [1.807, 2.05) is 12.1 Å². The van der Waals surface area contributed by atoms with E-state index in [1.165, 1.54) is 31.2 Å². The molecule has 1 aliphatic rings. The van der Waals surface area contributed by atoms with Crippen molar-refractivity contribution >= 4 is 15.8 Å². The van der Waals surface area contributed by atoms with Crippen molar-refractivity contribution in [2.24, 2.45) is 0 Å². The molecule has 194 valence electrons. The predicted molar refractivity (Wildman–Crippen MR) is 121 cm³/mol. The summed E-state index contributed by atoms with van der Waals surface area (Å²) in [5.41, 5.74) is -0.488. The zero-order valence-corrected chi connectivity index (χ0v) is 19.8. The van der Waals surface area contributed by atoms with E-state index in [1.54, 1.807) is 12.1 Å². The Morgan fingerprint density at radius 1 is 1.00 bits per heavy atom. The molecule has 0 aromatic heterocycles. The predicted octanol–water partition coefficient (Wildman–Crippen LogP) is 3.70. The van der Waals surface area contributed by atoms with E-state index in [4.69, 9.17) is 9.47 Å². The Hall–Kier alpha value is -2.70. The second-order valence-corrected chi connectivity index (χ2v) is 10.1. The number of rotatable bonds is 10. The fourth-order valence-electron chi connectivity index (χ4n) is 3.55. The Morgan fingerprint density at radius 2 is 1.54 bits per heavy atom. The summed E-state index contributed by atoms with van der Waals surface area (Å²) in [6.07, 6.45) is -3.57. The van der Waals surface area contributed by atoms with E-state index in [0.29, 0.717) is 11.5 Å². The molecule has 0 bridgehead atoms. The number of aliphatic hydroxyl groups is 1. The van der Waals surface area contributed by atoms with Gasteiger partial charge < -0.3 is 28.8 Å². The van der Waals surface area contributed by atoms with Crippen LogP contribution in [0.1, 0.15) is 26.2 Å². The zero-order valence-electron chi connectivity index (χ0n) is 19.0. The average Bonchev–Trinajstić information content (AvgIpc) is 2.77. The second kappa shape index (κ2) is 10.9. The summed E-state index contributed by atoms with van der Waals surface area (Å²) >= 11 is 0. The van der Waals surface area contributed by atoms with Crippen molar-refractivity contribution in [3.63, 3.8) is 0 Å². The van der Waals surface area contributed by atoms with Gasteiger partial charge in [0.1, 0.15) is 30.0 Å². The fraction of sp³-hybridized carbons (Fsp3) is 0.478. The van der Waals surface area contributed by atoms with Gasteiger partial charge in [-0.05, 0) is 61.9 Å². The van der Waals surface area contributed by atoms with Gasteiger partial charge in [-0.3, -0.25) is 0 Å². The third kappa shape index (κ3) is 9.46. The third-order valence-electron chi connectivity index (χ3n) is 5.44. The molecular formula is C23H27F3NO7S-. The first-order chi connectivity index (χ1) is 16.3. The van der Waals surface area contributed by atoms with Gasteiger partial charge >= 0.3 is 6.36 Å². The Morgan fingerprint density at radius 3 is 2.09 bits per heavy atom. The summed E-state index contributed by atoms with van der Waals surface area (Å²) in [5, 5.41) is 10.2. The molecule has 8 nitrogen and oxygen atoms in total. The Balaban J connectivity index is 1.44. The smallest absolute Gasteiger partial charge is 0.573 e. The van der Waals surface area contributed by atoms with Crippen molar-refractivity contribution in [2.45, 2.75) is 44.3 Å². The maximum absolute atomic E-state index is 12.3. The number of piperidine rings is 1. The first-order valence-corrected chi connectivity index (χ1v) is 12.5. The minimum atomic E-state index is -4.73. The first kappa shape index (κ1) is 26.9. The summed E-state index contributed by atoms with van der Waals surface area (Å²) < 4.78 is 84.3. The van der Waals surface area contributed by atoms with E-state index in [-0.39, 0.29) is 24.9 Å². The van der Waals surface area contributed by atoms with E-state index in [2.05, 4.69) is 9.64 Å². The summed E-state index contributed by atoms with van der Waals surface area (Å²) in [6.45, 7) is 2.69. The largest absolute Gasteiger partial charge is 0.748 e. The standard InChI is InChI=1S/C23H28F3NO7S/c1-22(28,12-15-35(29,30)31)16-32-18-4-2-17(3-5-18)27-13-10-20(11-14-27)33-19-6-8-21(9-7-19)34-23(24,25)26/h2-9,20,28H,10-16H2,1H3,(H,29,30,31)/p-1/t22-/m0/s1. The van der Waals surface area contributed by atoms with Gasteiger partial charge in [0.25, 0.3) is 0 Å². The highest BCUT2D eigenvalue weighted by molar-refractivity contribution is 7.85. The molecule has 1 N–H and O–H groups in total. The number of alkyl halides is 3. The molecule has 1 atom stereocenters. The molecule has 0 unspecified atom stereocenters. The van der Waals surface area contributed by atoms with Crippen molar-refractivity contribution in [1.82, 2.24) is 0 Å². The number of anilines is 1. The second-order valence-electron chi connectivity index (χ2n) is 8.61. The fourth-order valence-corrected chi connectivity index (χ4v) is 4.24. The molecule has 0 spiro atoms. The van der Waals surface area contributed by atoms with Gasteiger partial charge in [0, 0.05) is 37.4 Å². The monoisotopic (exact) mass is 518 g/mol. The lowest BCUT2D eigenvalue weighted by Gasteiger charge is -2.34. The highest BCUT2D eigenvalue weighted by Gasteiger charge is 2.31. The molecular weight excluding hydrogens is 491 g/mol. The molecule has 12 heteroatoms. The average molecular weight is 519 g/mol. The van der Waals surface area contributed by atoms with Crippen LogP contribution in [0.5, 0.6) is 17.2 Å². The van der Waals surface area contributed by atoms with Crippen LogP contribution in [0.3, 0.4) is 0 Å². The van der Waals surface area contributed by atoms with Crippen molar-refractivity contribution in [3.8, 4) is 17.2 Å². The lowest BCUT2D eigenvalue weighted by Crippen LogP contribution is -2.38. The van der Waals surface area contributed by atoms with Gasteiger partial charge in [0.15, 0.2) is 0 Å². The van der Waals surface area contributed by atoms with Gasteiger partial charge in [0.05, 0.1) is 15.7 Å². The van der Waals surface area contributed by atoms with Crippen molar-refractivity contribution < 1.29 is 45.5 Å². The van der Waals surface area contributed by atoms with E-state index in [0.717, 1.165) is 31.6 Å². The molecule has 1 aliphatic heterocycles. The molecule has 2 aromatic rings. The molecule has 1 fully saturated rings. The molecule has 1 heterocycles. The van der Waals surface area contributed by atoms with Crippen LogP contribution in [-0.4, -0.2) is 61.6 Å². The van der Waals surface area contributed by atoms with Crippen molar-refractivity contribution in [1.29, 1.82) is 0 Å². The quantitative estimate of drug-likeness (QED) is 0.475. The Labute approximate surface area is 202 Å². The van der Waals surface area contributed by atoms with Crippen LogP contribution in [0.15, 0.2) is 48.5 Å². The van der Waals surface area contributed by atoms with Gasteiger partial charge in [-0.15, -0.1) is 13.2 Å². The highest BCUT2D eigenvalue weighted by atomic mass is 32.2. The van der Waals surface area contributed by atoms with E-state index in [9.17, 15) is 31.2 Å². The molecule has 0 aliphatic carbocycles. The molecule has 0 radical (unpaired) electrons. The van der Waals surface area contributed by atoms with Gasteiger partial charge in [-0.1, -0.05) is 0 Å². The third-order valence-corrected chi connectivity index (χ3v) is 6.15. The lowest BCUT2D eigenvalue weighted by atomic mass is 10.1. The van der Waals surface area contributed by atoms with Gasteiger partial charge in [-0.25, -0.2) is 8.42 Å². The Kier molecular flexibility index (Phi) is 8.39. The SMILES string of the molecule is C[C@](O)(CCS(=O)(=O)[O-])COc1ccc(N2CCC(Oc3ccc(OC(F)(F)F)cc3)CC2)cc1. The molecule has 35 heavy (non-hydrogen) atoms. The van der Waals surface area contributed by atoms with E-state index < -0.39 is 27.8 Å². The lowest BCUT2D eigenvalue weighted by molar-refractivity contribution is -0.274. The van der Waals surface area contributed by atoms with Crippen molar-refractivity contribution in [3.05, 3.63) is 48.5 Å². The minimum absolute atomic E-state index is 0.0663. The number of nitrogens with zero attached hydrogens (tertiary/aromatic N) is 1. The van der Waals surface area contributed by atoms with Crippen LogP contribution in [0, 0.1) is 0 Å². The van der Waals surface area contributed by atoms with Crippen molar-refractivity contribution in [2.75, 3.05) is 30.3 Å². The zero-order chi connectivity index (χ0) is 25.7. The van der Waals surface area contributed by atoms with Gasteiger partial charge in [0.2, 0.25) is 0 Å². The summed E-state index contributed by atoms with van der Waals surface area (Å²) in [4.78, 5) is 2.17. The Bertz CT molecular complexity index is 1050. The number of hydrogen-bond donors (Lipinski definition) is 1. The van der Waals surface area contributed by atoms with Crippen LogP contribution in [0.25, 0.3) is 0 Å². The highest BCUT2D eigenvalue weighted by Crippen LogP contribution is 2.28. The molecule has 1 saturated heterocycles. The molecule has 2 aromatic carbocycles. The summed E-state index contributed by atoms with van der Waals surface area (Å²) in [6, 6.07) is 12.5. The van der Waals surface area contributed by atoms with Crippen LogP contribution < -0.4 is 19.1 Å². The number of hydrogen-bond acceptors (Lipinski definition) is 8. The van der Waals surface area contributed by atoms with Crippen LogP contribution in [0.2, 0.25) is 0 Å². The van der Waals surface area contributed by atoms with Crippen LogP contribution in [-0.2, 0) is 10.1 Å². The minimum Gasteiger partial charge on any atom is -0.748 e. The summed E-state index contributed by atoms with van der Waals surface area (Å²) in [7, 11) is -4.41. The number of halogens is 3. The summed E-state index contributed by atoms with van der Waals surface area (Å²) in [5.74, 6) is 0.00392. The van der Waals surface area contributed by atoms with E-state index >= 15 is 0 Å². The van der Waals surface area contributed by atoms with Gasteiger partial charge in [-0.2, -0.15) is 0 Å². The van der Waals surface area contributed by atoms with Crippen LogP contribution >= 0.6 is 0 Å². The maximum Gasteiger partial charge on any atom is 0.573 e. The first-order valence-electron chi connectivity index (χ1n) is 10.9.